The highest BCUT2D eigenvalue weighted by Crippen LogP contribution is 2.02. The van der Waals surface area contributed by atoms with E-state index in [0.29, 0.717) is 0 Å². The number of carbonyl (C=O) groups excluding carboxylic acids is 2. The SMILES string of the molecule is CNC(=O)C(C)NC(=O)CC(C)(C)N. The maximum atomic E-state index is 11.3. The summed E-state index contributed by atoms with van der Waals surface area (Å²) in [6.45, 7) is 5.15. The molecule has 0 aromatic rings. The molecule has 0 rings (SSSR count). The lowest BCUT2D eigenvalue weighted by Gasteiger charge is -2.19. The Morgan fingerprint density at radius 2 is 1.93 bits per heavy atom. The summed E-state index contributed by atoms with van der Waals surface area (Å²) in [5, 5.41) is 5.00. The Bertz CT molecular complexity index is 221. The fourth-order valence-electron chi connectivity index (χ4n) is 0.988. The van der Waals surface area contributed by atoms with E-state index in [1.807, 2.05) is 0 Å². The van der Waals surface area contributed by atoms with Crippen LogP contribution in [0.1, 0.15) is 27.2 Å². The van der Waals surface area contributed by atoms with Crippen LogP contribution in [-0.2, 0) is 9.59 Å². The van der Waals surface area contributed by atoms with Crippen LogP contribution in [0.25, 0.3) is 0 Å². The van der Waals surface area contributed by atoms with Gasteiger partial charge in [0.2, 0.25) is 11.8 Å². The Kier molecular flexibility index (Phi) is 4.56. The van der Waals surface area contributed by atoms with E-state index in [9.17, 15) is 9.59 Å². The average molecular weight is 201 g/mol. The van der Waals surface area contributed by atoms with Crippen LogP contribution in [0.2, 0.25) is 0 Å². The standard InChI is InChI=1S/C9H19N3O2/c1-6(8(14)11-4)12-7(13)5-9(2,3)10/h6H,5,10H2,1-4H3,(H,11,14)(H,12,13). The fourth-order valence-corrected chi connectivity index (χ4v) is 0.988. The molecule has 0 aliphatic carbocycles. The van der Waals surface area contributed by atoms with E-state index in [-0.39, 0.29) is 18.2 Å². The van der Waals surface area contributed by atoms with Gasteiger partial charge in [-0.05, 0) is 20.8 Å². The average Bonchev–Trinajstić information content (AvgIpc) is 1.99. The molecule has 2 amide bonds. The van der Waals surface area contributed by atoms with Crippen LogP contribution in [0.5, 0.6) is 0 Å². The molecule has 0 aromatic heterocycles. The third-order valence-corrected chi connectivity index (χ3v) is 1.63. The molecule has 1 atom stereocenters. The zero-order valence-corrected chi connectivity index (χ0v) is 9.18. The minimum Gasteiger partial charge on any atom is -0.357 e. The third-order valence-electron chi connectivity index (χ3n) is 1.63. The van der Waals surface area contributed by atoms with Crippen molar-refractivity contribution in [3.8, 4) is 0 Å². The van der Waals surface area contributed by atoms with Gasteiger partial charge < -0.3 is 16.4 Å². The summed E-state index contributed by atoms with van der Waals surface area (Å²) in [5.74, 6) is -0.429. The molecule has 0 spiro atoms. The number of likely N-dealkylation sites (N-methyl/N-ethyl adjacent to an activating group) is 1. The van der Waals surface area contributed by atoms with Crippen LogP contribution >= 0.6 is 0 Å². The molecule has 5 nitrogen and oxygen atoms in total. The monoisotopic (exact) mass is 201 g/mol. The second kappa shape index (κ2) is 4.95. The first kappa shape index (κ1) is 12.9. The smallest absolute Gasteiger partial charge is 0.242 e. The summed E-state index contributed by atoms with van der Waals surface area (Å²) < 4.78 is 0. The topological polar surface area (TPSA) is 84.2 Å². The Hall–Kier alpha value is -1.10. The van der Waals surface area contributed by atoms with Crippen molar-refractivity contribution in [3.63, 3.8) is 0 Å². The van der Waals surface area contributed by atoms with Gasteiger partial charge in [-0.3, -0.25) is 9.59 Å². The van der Waals surface area contributed by atoms with E-state index < -0.39 is 11.6 Å². The molecule has 0 heterocycles. The number of carbonyl (C=O) groups is 2. The van der Waals surface area contributed by atoms with Gasteiger partial charge in [-0.15, -0.1) is 0 Å². The zero-order valence-electron chi connectivity index (χ0n) is 9.18. The first-order chi connectivity index (χ1) is 6.26. The largest absolute Gasteiger partial charge is 0.357 e. The molecular formula is C9H19N3O2. The van der Waals surface area contributed by atoms with Crippen LogP contribution in [0.15, 0.2) is 0 Å². The van der Waals surface area contributed by atoms with E-state index in [2.05, 4.69) is 10.6 Å². The van der Waals surface area contributed by atoms with Gasteiger partial charge in [-0.1, -0.05) is 0 Å². The molecule has 0 aromatic carbocycles. The minimum atomic E-state index is -0.549. The molecule has 0 aliphatic heterocycles. The molecule has 14 heavy (non-hydrogen) atoms. The van der Waals surface area contributed by atoms with Crippen molar-refractivity contribution in [1.82, 2.24) is 10.6 Å². The number of rotatable bonds is 4. The molecule has 0 saturated carbocycles. The van der Waals surface area contributed by atoms with Crippen LogP contribution in [-0.4, -0.2) is 30.4 Å². The quantitative estimate of drug-likeness (QED) is 0.566. The number of nitrogens with one attached hydrogen (secondary N) is 2. The van der Waals surface area contributed by atoms with E-state index >= 15 is 0 Å². The molecule has 0 aliphatic rings. The summed E-state index contributed by atoms with van der Waals surface area (Å²) in [5.41, 5.74) is 5.11. The maximum Gasteiger partial charge on any atom is 0.242 e. The number of amides is 2. The van der Waals surface area contributed by atoms with Gasteiger partial charge in [0.25, 0.3) is 0 Å². The lowest BCUT2D eigenvalue weighted by atomic mass is 10.0. The molecule has 5 heteroatoms. The van der Waals surface area contributed by atoms with Crippen molar-refractivity contribution in [2.45, 2.75) is 38.8 Å². The molecule has 0 fully saturated rings. The highest BCUT2D eigenvalue weighted by atomic mass is 16.2. The predicted molar refractivity (Wildman–Crippen MR) is 54.6 cm³/mol. The highest BCUT2D eigenvalue weighted by Gasteiger charge is 2.19. The van der Waals surface area contributed by atoms with Gasteiger partial charge in [-0.2, -0.15) is 0 Å². The Morgan fingerprint density at radius 1 is 1.43 bits per heavy atom. The molecule has 1 unspecified atom stereocenters. The molecule has 82 valence electrons. The van der Waals surface area contributed by atoms with Crippen LogP contribution in [0, 0.1) is 0 Å². The summed E-state index contributed by atoms with van der Waals surface area (Å²) >= 11 is 0. The number of nitrogens with two attached hydrogens (primary N) is 1. The van der Waals surface area contributed by atoms with Gasteiger partial charge in [0.1, 0.15) is 6.04 Å². The van der Waals surface area contributed by atoms with Crippen molar-refractivity contribution < 1.29 is 9.59 Å². The summed E-state index contributed by atoms with van der Waals surface area (Å²) in [6.07, 6.45) is 0.203. The fraction of sp³-hybridized carbons (Fsp3) is 0.778. The van der Waals surface area contributed by atoms with Gasteiger partial charge in [-0.25, -0.2) is 0 Å². The van der Waals surface area contributed by atoms with Crippen molar-refractivity contribution in [1.29, 1.82) is 0 Å². The third kappa shape index (κ3) is 5.53. The highest BCUT2D eigenvalue weighted by molar-refractivity contribution is 5.87. The van der Waals surface area contributed by atoms with Crippen molar-refractivity contribution in [3.05, 3.63) is 0 Å². The Labute approximate surface area is 84.4 Å². The van der Waals surface area contributed by atoms with Gasteiger partial charge in [0, 0.05) is 19.0 Å². The first-order valence-corrected chi connectivity index (χ1v) is 4.56. The lowest BCUT2D eigenvalue weighted by Crippen LogP contribution is -2.46. The predicted octanol–water partition coefficient (Wildman–Crippen LogP) is -0.635. The normalized spacial score (nSPS) is 13.2. The van der Waals surface area contributed by atoms with E-state index in [1.165, 1.54) is 7.05 Å². The van der Waals surface area contributed by atoms with Crippen LogP contribution in [0.3, 0.4) is 0 Å². The van der Waals surface area contributed by atoms with E-state index in [1.54, 1.807) is 20.8 Å². The zero-order chi connectivity index (χ0) is 11.4. The van der Waals surface area contributed by atoms with Crippen LogP contribution < -0.4 is 16.4 Å². The second-order valence-corrected chi connectivity index (χ2v) is 4.07. The van der Waals surface area contributed by atoms with Crippen LogP contribution in [0.4, 0.5) is 0 Å². The number of hydrogen-bond acceptors (Lipinski definition) is 3. The maximum absolute atomic E-state index is 11.3. The second-order valence-electron chi connectivity index (χ2n) is 4.07. The van der Waals surface area contributed by atoms with Crippen molar-refractivity contribution in [2.24, 2.45) is 5.73 Å². The van der Waals surface area contributed by atoms with Gasteiger partial charge in [0.05, 0.1) is 0 Å². The first-order valence-electron chi connectivity index (χ1n) is 4.56. The van der Waals surface area contributed by atoms with E-state index in [4.69, 9.17) is 5.73 Å². The molecule has 0 saturated heterocycles. The molecule has 4 N–H and O–H groups in total. The van der Waals surface area contributed by atoms with E-state index in [0.717, 1.165) is 0 Å². The molecule has 0 bridgehead atoms. The van der Waals surface area contributed by atoms with Crippen molar-refractivity contribution in [2.75, 3.05) is 7.05 Å². The minimum absolute atomic E-state index is 0.203. The lowest BCUT2D eigenvalue weighted by molar-refractivity contribution is -0.128. The Balaban J connectivity index is 4.01. The molecular weight excluding hydrogens is 182 g/mol. The van der Waals surface area contributed by atoms with Gasteiger partial charge >= 0.3 is 0 Å². The number of hydrogen-bond donors (Lipinski definition) is 3. The summed E-state index contributed by atoms with van der Waals surface area (Å²) in [4.78, 5) is 22.4. The van der Waals surface area contributed by atoms with Gasteiger partial charge in [0.15, 0.2) is 0 Å². The molecule has 0 radical (unpaired) electrons. The summed E-state index contributed by atoms with van der Waals surface area (Å²) in [7, 11) is 1.53. The summed E-state index contributed by atoms with van der Waals surface area (Å²) in [6, 6.07) is -0.519. The Morgan fingerprint density at radius 3 is 2.29 bits per heavy atom. The van der Waals surface area contributed by atoms with Crippen molar-refractivity contribution >= 4 is 11.8 Å².